The van der Waals surface area contributed by atoms with Gasteiger partial charge in [-0.2, -0.15) is 0 Å². The van der Waals surface area contributed by atoms with Crippen LogP contribution in [0.2, 0.25) is 5.02 Å². The van der Waals surface area contributed by atoms with Gasteiger partial charge in [-0.05, 0) is 43.7 Å². The lowest BCUT2D eigenvalue weighted by molar-refractivity contribution is -0.120. The van der Waals surface area contributed by atoms with Gasteiger partial charge >= 0.3 is 0 Å². The summed E-state index contributed by atoms with van der Waals surface area (Å²) in [5.74, 6) is -0.151. The lowest BCUT2D eigenvalue weighted by Crippen LogP contribution is -2.32. The highest BCUT2D eigenvalue weighted by molar-refractivity contribution is 8.00. The van der Waals surface area contributed by atoms with E-state index in [4.69, 9.17) is 11.6 Å². The number of aromatic nitrogens is 2. The summed E-state index contributed by atoms with van der Waals surface area (Å²) < 4.78 is 1.53. The first-order valence-electron chi connectivity index (χ1n) is 8.76. The number of nitrogens with one attached hydrogen (secondary N) is 1. The third kappa shape index (κ3) is 3.98. The first-order chi connectivity index (χ1) is 13.4. The number of halogens is 1. The van der Waals surface area contributed by atoms with Crippen molar-refractivity contribution in [3.05, 3.63) is 76.1 Å². The fourth-order valence-electron chi connectivity index (χ4n) is 2.77. The van der Waals surface area contributed by atoms with Gasteiger partial charge in [0.2, 0.25) is 5.91 Å². The number of nitrogens with zero attached hydrogens (tertiary/aromatic N) is 2. The Hall–Kier alpha value is -2.57. The van der Waals surface area contributed by atoms with E-state index in [0.29, 0.717) is 33.3 Å². The summed E-state index contributed by atoms with van der Waals surface area (Å²) >= 11 is 7.51. The number of benzene rings is 2. The lowest BCUT2D eigenvalue weighted by atomic mass is 10.2. The molecule has 0 bridgehead atoms. The van der Waals surface area contributed by atoms with Crippen LogP contribution in [0.5, 0.6) is 0 Å². The first kappa shape index (κ1) is 20.2. The number of amides is 1. The zero-order valence-electron chi connectivity index (χ0n) is 15.6. The molecule has 144 valence electrons. The van der Waals surface area contributed by atoms with Crippen LogP contribution < -0.4 is 10.9 Å². The molecule has 1 atom stereocenters. The summed E-state index contributed by atoms with van der Waals surface area (Å²) in [5.41, 5.74) is 1.81. The fraction of sp³-hybridized carbons (Fsp3) is 0.190. The van der Waals surface area contributed by atoms with Crippen LogP contribution in [0.25, 0.3) is 16.6 Å². The molecule has 1 aromatic heterocycles. The van der Waals surface area contributed by atoms with Crippen LogP contribution in [-0.2, 0) is 4.79 Å². The number of carbonyl (C=O) groups is 1. The Balaban J connectivity index is 2.18. The number of thioether (sulfide) groups is 1. The van der Waals surface area contributed by atoms with Crippen molar-refractivity contribution >= 4 is 40.2 Å². The van der Waals surface area contributed by atoms with Gasteiger partial charge in [-0.1, -0.05) is 47.6 Å². The van der Waals surface area contributed by atoms with E-state index in [9.17, 15) is 9.59 Å². The summed E-state index contributed by atoms with van der Waals surface area (Å²) in [4.78, 5) is 30.3. The van der Waals surface area contributed by atoms with Crippen molar-refractivity contribution in [2.45, 2.75) is 24.3 Å². The molecule has 0 aliphatic carbocycles. The average Bonchev–Trinajstić information content (AvgIpc) is 2.69. The predicted molar refractivity (Wildman–Crippen MR) is 116 cm³/mol. The molecule has 28 heavy (non-hydrogen) atoms. The maximum absolute atomic E-state index is 13.3. The van der Waals surface area contributed by atoms with Crippen LogP contribution in [0.15, 0.2) is 65.1 Å². The van der Waals surface area contributed by atoms with E-state index < -0.39 is 5.25 Å². The second-order valence-electron chi connectivity index (χ2n) is 6.23. The molecular weight excluding hydrogens is 394 g/mol. The van der Waals surface area contributed by atoms with Gasteiger partial charge in [-0.3, -0.25) is 14.2 Å². The van der Waals surface area contributed by atoms with Gasteiger partial charge in [0.1, 0.15) is 0 Å². The van der Waals surface area contributed by atoms with E-state index in [1.54, 1.807) is 43.3 Å². The van der Waals surface area contributed by atoms with Gasteiger partial charge in [-0.25, -0.2) is 4.98 Å². The van der Waals surface area contributed by atoms with Gasteiger partial charge in [0.25, 0.3) is 5.56 Å². The molecule has 0 saturated heterocycles. The summed E-state index contributed by atoms with van der Waals surface area (Å²) in [6, 6.07) is 12.6. The Morgan fingerprint density at radius 2 is 2.07 bits per heavy atom. The molecule has 0 aliphatic rings. The first-order valence-corrected chi connectivity index (χ1v) is 10.0. The number of hydrogen-bond donors (Lipinski definition) is 1. The Labute approximate surface area is 172 Å². The highest BCUT2D eigenvalue weighted by Crippen LogP contribution is 2.28. The molecular formula is C21H20ClN3O2S. The summed E-state index contributed by atoms with van der Waals surface area (Å²) in [5, 5.41) is 3.83. The van der Waals surface area contributed by atoms with E-state index in [0.717, 1.165) is 5.56 Å². The van der Waals surface area contributed by atoms with Crippen molar-refractivity contribution in [1.29, 1.82) is 0 Å². The molecule has 3 aromatic rings. The molecule has 1 amide bonds. The minimum Gasteiger partial charge on any atom is -0.352 e. The maximum Gasteiger partial charge on any atom is 0.266 e. The summed E-state index contributed by atoms with van der Waals surface area (Å²) in [7, 11) is 0. The van der Waals surface area contributed by atoms with Gasteiger partial charge in [0.15, 0.2) is 5.16 Å². The van der Waals surface area contributed by atoms with E-state index >= 15 is 0 Å². The number of carbonyl (C=O) groups excluding carboxylic acids is 1. The zero-order valence-corrected chi connectivity index (χ0v) is 17.2. The predicted octanol–water partition coefficient (Wildman–Crippen LogP) is 4.13. The third-order valence-electron chi connectivity index (χ3n) is 4.30. The van der Waals surface area contributed by atoms with Crippen molar-refractivity contribution in [1.82, 2.24) is 14.9 Å². The topological polar surface area (TPSA) is 64.0 Å². The van der Waals surface area contributed by atoms with Crippen LogP contribution in [0, 0.1) is 6.92 Å². The molecule has 0 radical (unpaired) electrons. The number of para-hydroxylation sites is 1. The maximum atomic E-state index is 13.3. The highest BCUT2D eigenvalue weighted by Gasteiger charge is 2.21. The average molecular weight is 414 g/mol. The number of rotatable bonds is 6. The van der Waals surface area contributed by atoms with Crippen molar-refractivity contribution in [3.8, 4) is 5.69 Å². The quantitative estimate of drug-likeness (QED) is 0.375. The lowest BCUT2D eigenvalue weighted by Gasteiger charge is -2.18. The van der Waals surface area contributed by atoms with Gasteiger partial charge < -0.3 is 5.32 Å². The van der Waals surface area contributed by atoms with Crippen LogP contribution in [0.3, 0.4) is 0 Å². The monoisotopic (exact) mass is 413 g/mol. The molecule has 1 unspecified atom stereocenters. The van der Waals surface area contributed by atoms with Gasteiger partial charge in [0.05, 0.1) is 21.8 Å². The molecule has 5 nitrogen and oxygen atoms in total. The standard InChI is InChI=1S/C21H20ClN3O2S/c1-4-12-23-19(26)14(3)28-21-24-17-10-6-5-8-15(17)20(27)25(21)18-11-7-9-16(22)13(18)2/h4-11,14H,1,12H2,2-3H3,(H,23,26). The van der Waals surface area contributed by atoms with Crippen LogP contribution >= 0.6 is 23.4 Å². The van der Waals surface area contributed by atoms with Crippen molar-refractivity contribution in [2.24, 2.45) is 0 Å². The van der Waals surface area contributed by atoms with Crippen LogP contribution in [0.1, 0.15) is 12.5 Å². The van der Waals surface area contributed by atoms with E-state index in [2.05, 4.69) is 16.9 Å². The summed E-state index contributed by atoms with van der Waals surface area (Å²) in [6.07, 6.45) is 1.62. The molecule has 0 spiro atoms. The molecule has 0 fully saturated rings. The van der Waals surface area contributed by atoms with E-state index in [1.807, 2.05) is 19.1 Å². The minimum atomic E-state index is -0.446. The highest BCUT2D eigenvalue weighted by atomic mass is 35.5. The SMILES string of the molecule is C=CCNC(=O)C(C)Sc1nc2ccccc2c(=O)n1-c1cccc(Cl)c1C. The van der Waals surface area contributed by atoms with Crippen LogP contribution in [-0.4, -0.2) is 27.3 Å². The second-order valence-corrected chi connectivity index (χ2v) is 7.95. The van der Waals surface area contributed by atoms with Gasteiger partial charge in [-0.15, -0.1) is 6.58 Å². The molecule has 0 aliphatic heterocycles. The van der Waals surface area contributed by atoms with Gasteiger partial charge in [0, 0.05) is 11.6 Å². The second kappa shape index (κ2) is 8.63. The molecule has 0 saturated carbocycles. The normalized spacial score (nSPS) is 12.0. The molecule has 1 heterocycles. The molecule has 3 rings (SSSR count). The molecule has 7 heteroatoms. The van der Waals surface area contributed by atoms with Crippen molar-refractivity contribution in [3.63, 3.8) is 0 Å². The fourth-order valence-corrected chi connectivity index (χ4v) is 3.88. The zero-order chi connectivity index (χ0) is 20.3. The molecule has 1 N–H and O–H groups in total. The van der Waals surface area contributed by atoms with Crippen LogP contribution in [0.4, 0.5) is 0 Å². The number of hydrogen-bond acceptors (Lipinski definition) is 4. The Morgan fingerprint density at radius 1 is 1.32 bits per heavy atom. The van der Waals surface area contributed by atoms with E-state index in [1.165, 1.54) is 16.3 Å². The molecule has 2 aromatic carbocycles. The Morgan fingerprint density at radius 3 is 2.82 bits per heavy atom. The largest absolute Gasteiger partial charge is 0.352 e. The van der Waals surface area contributed by atoms with Crippen molar-refractivity contribution in [2.75, 3.05) is 6.54 Å². The third-order valence-corrected chi connectivity index (χ3v) is 5.76. The Bertz CT molecular complexity index is 1110. The van der Waals surface area contributed by atoms with Crippen molar-refractivity contribution < 1.29 is 4.79 Å². The number of fused-ring (bicyclic) bond motifs is 1. The summed E-state index contributed by atoms with van der Waals surface area (Å²) in [6.45, 7) is 7.62. The van der Waals surface area contributed by atoms with E-state index in [-0.39, 0.29) is 11.5 Å². The Kier molecular flexibility index (Phi) is 6.21. The smallest absolute Gasteiger partial charge is 0.266 e. The minimum absolute atomic E-state index is 0.151.